The van der Waals surface area contributed by atoms with Gasteiger partial charge in [-0.3, -0.25) is 28.8 Å². The lowest BCUT2D eigenvalue weighted by atomic mass is 9.90. The van der Waals surface area contributed by atoms with Crippen molar-refractivity contribution in [1.82, 2.24) is 49.1 Å². The number of amides is 2. The van der Waals surface area contributed by atoms with E-state index < -0.39 is 35.3 Å². The van der Waals surface area contributed by atoms with Crippen molar-refractivity contribution in [3.63, 3.8) is 0 Å². The molecule has 102 heavy (non-hydrogen) atoms. The normalized spacial score (nSPS) is 18.2. The van der Waals surface area contributed by atoms with Gasteiger partial charge in [-0.1, -0.05) is 47.5 Å². The van der Waals surface area contributed by atoms with Gasteiger partial charge >= 0.3 is 11.9 Å². The number of carboxylic acids is 1. The molecule has 0 spiro atoms. The molecular formula is C80H92Cl2N10O8S2. The van der Waals surface area contributed by atoms with Gasteiger partial charge in [0, 0.05) is 132 Å². The Bertz CT molecular complexity index is 4820. The molecule has 0 saturated carbocycles. The van der Waals surface area contributed by atoms with Crippen molar-refractivity contribution in [2.24, 2.45) is 14.1 Å². The summed E-state index contributed by atoms with van der Waals surface area (Å²) < 4.78 is 24.1. The number of rotatable bonds is 15. The van der Waals surface area contributed by atoms with E-state index in [1.165, 1.54) is 0 Å². The third-order valence-corrected chi connectivity index (χ3v) is 23.4. The molecule has 8 heterocycles. The summed E-state index contributed by atoms with van der Waals surface area (Å²) in [5.74, 6) is -0.399. The number of aliphatic carboxylic acids is 1. The van der Waals surface area contributed by atoms with Gasteiger partial charge in [-0.2, -0.15) is 10.2 Å². The monoisotopic (exact) mass is 1450 g/mol. The Morgan fingerprint density at radius 2 is 0.931 bits per heavy atom. The number of esters is 1. The number of fused-ring (bicyclic) bond motifs is 4. The summed E-state index contributed by atoms with van der Waals surface area (Å²) in [6.07, 6.45) is 4.14. The topological polar surface area (TPSA) is 191 Å². The Hall–Kier alpha value is -7.66. The minimum absolute atomic E-state index is 0.169. The molecule has 0 aliphatic carbocycles. The molecular weight excluding hydrogens is 1360 g/mol. The molecule has 2 amide bonds. The van der Waals surface area contributed by atoms with Gasteiger partial charge in [0.25, 0.3) is 0 Å². The molecule has 22 heteroatoms. The Morgan fingerprint density at radius 1 is 0.549 bits per heavy atom. The molecule has 18 nitrogen and oxygen atoms in total. The number of carbonyl (C=O) groups excluding carboxylic acids is 3. The van der Waals surface area contributed by atoms with Crippen LogP contribution in [0.3, 0.4) is 0 Å². The number of carbonyl (C=O) groups is 4. The number of piperidine rings is 2. The maximum absolute atomic E-state index is 13.6. The number of nitrogens with zero attached hydrogens (tertiary/aromatic N) is 10. The zero-order chi connectivity index (χ0) is 72.4. The Balaban J connectivity index is 0.000000182. The number of carboxylic acid groups (broad SMARTS) is 1. The summed E-state index contributed by atoms with van der Waals surface area (Å²) in [7, 11) is 4.03. The van der Waals surface area contributed by atoms with Crippen LogP contribution in [0.15, 0.2) is 97.1 Å². The van der Waals surface area contributed by atoms with E-state index in [9.17, 15) is 24.3 Å². The van der Waals surface area contributed by atoms with Crippen LogP contribution in [-0.4, -0.2) is 160 Å². The Labute approximate surface area is 614 Å². The SMILES string of the molecule is CC(=O)N1CC[C@H](N2CCC(c3nn(C)c4ccc(-c5nc6cc(C)c([C@H](OC(C)(C)C)C(=O)O)c(-c7ccc(Cl)cc7)c6s5)cc34)CC2)C1.CCOC(=O)[C@@H](OC(C)(C)C)c1c(C)cc2nc(-c3ccc4c(c3)c(C3CCN([C@H]5CCN(C(C)=O)C5)CC3)nn4C)sc2c1-c1ccc(Cl)cc1. The average molecular weight is 1460 g/mol. The van der Waals surface area contributed by atoms with Crippen molar-refractivity contribution < 1.29 is 38.5 Å². The molecule has 4 aromatic heterocycles. The first-order valence-electron chi connectivity index (χ1n) is 35.7. The lowest BCUT2D eigenvalue weighted by molar-refractivity contribution is -0.166. The second-order valence-corrected chi connectivity index (χ2v) is 32.8. The van der Waals surface area contributed by atoms with E-state index >= 15 is 0 Å². The molecule has 1 N–H and O–H groups in total. The number of ether oxygens (including phenoxy) is 3. The summed E-state index contributed by atoms with van der Waals surface area (Å²) >= 11 is 15.8. The van der Waals surface area contributed by atoms with E-state index in [-0.39, 0.29) is 18.4 Å². The molecule has 6 aromatic carbocycles. The van der Waals surface area contributed by atoms with Crippen molar-refractivity contribution >= 4 is 112 Å². The predicted octanol–water partition coefficient (Wildman–Crippen LogP) is 16.9. The third kappa shape index (κ3) is 15.2. The van der Waals surface area contributed by atoms with E-state index in [0.717, 1.165) is 205 Å². The second kappa shape index (κ2) is 29.5. The predicted molar refractivity (Wildman–Crippen MR) is 409 cm³/mol. The van der Waals surface area contributed by atoms with Gasteiger partial charge in [-0.05, 0) is 222 Å². The molecule has 4 saturated heterocycles. The number of aromatic nitrogens is 6. The van der Waals surface area contributed by atoms with Crippen LogP contribution < -0.4 is 0 Å². The summed E-state index contributed by atoms with van der Waals surface area (Å²) in [6.45, 7) is 28.2. The van der Waals surface area contributed by atoms with Crippen LogP contribution in [0.2, 0.25) is 10.0 Å². The highest BCUT2D eigenvalue weighted by Gasteiger charge is 2.38. The van der Waals surface area contributed by atoms with Crippen molar-refractivity contribution in [2.75, 3.05) is 59.0 Å². The highest BCUT2D eigenvalue weighted by atomic mass is 35.5. The second-order valence-electron chi connectivity index (χ2n) is 29.9. The number of likely N-dealkylation sites (tertiary alicyclic amines) is 4. The van der Waals surface area contributed by atoms with Gasteiger partial charge in [-0.25, -0.2) is 19.6 Å². The summed E-state index contributed by atoms with van der Waals surface area (Å²) in [6, 6.07) is 33.2. The van der Waals surface area contributed by atoms with E-state index in [2.05, 4.69) is 52.3 Å². The minimum Gasteiger partial charge on any atom is -0.479 e. The lowest BCUT2D eigenvalue weighted by Crippen LogP contribution is -2.43. The standard InChI is InChI=1S/C41H48ClN5O4S.C39H44ClN5O4S/c1-8-50-40(49)37(51-41(4,5)6)34-24(2)21-32-38(35(34)26-9-12-29(42)13-10-26)52-39(43-32)28-11-14-33-31(22-28)36(44-45(33)7)27-15-18-46(19-16-27)30-17-20-47(23-30)25(3)48;1-22-19-30-36(33(24-7-10-27(40)11-8-24)32(22)35(38(47)48)49-39(3,4)5)50-37(41-30)26-9-12-31-29(20-26)34(42-43(31)6)25-13-16-44(17-14-25)28-15-18-45(21-28)23(2)46/h9-14,21-22,27,30,37H,8,15-20,23H2,1-7H3;7-12,19-20,25,28,35H,13-18,21H2,1-6H3,(H,47,48)/t30-,37-;28-,35-/m00/s1. The summed E-state index contributed by atoms with van der Waals surface area (Å²) in [5.41, 5.74) is 13.5. The third-order valence-electron chi connectivity index (χ3n) is 20.6. The van der Waals surface area contributed by atoms with Crippen molar-refractivity contribution in [3.05, 3.63) is 141 Å². The fourth-order valence-corrected chi connectivity index (χ4v) is 18.2. The van der Waals surface area contributed by atoms with Gasteiger partial charge in [0.2, 0.25) is 11.8 Å². The smallest absolute Gasteiger partial charge is 0.339 e. The maximum Gasteiger partial charge on any atom is 0.339 e. The summed E-state index contributed by atoms with van der Waals surface area (Å²) in [4.78, 5) is 69.6. The molecule has 4 aliphatic rings. The van der Waals surface area contributed by atoms with E-state index in [4.69, 9.17) is 57.6 Å². The molecule has 0 unspecified atom stereocenters. The Kier molecular flexibility index (Phi) is 21.0. The van der Waals surface area contributed by atoms with Crippen molar-refractivity contribution in [1.29, 1.82) is 0 Å². The van der Waals surface area contributed by atoms with Gasteiger partial charge in [0.1, 0.15) is 10.0 Å². The van der Waals surface area contributed by atoms with E-state index in [1.54, 1.807) is 36.5 Å². The molecule has 536 valence electrons. The van der Waals surface area contributed by atoms with Crippen molar-refractivity contribution in [2.45, 2.75) is 162 Å². The quantitative estimate of drug-likeness (QED) is 0.0954. The molecule has 4 fully saturated rings. The number of hydrogen-bond donors (Lipinski definition) is 1. The van der Waals surface area contributed by atoms with Crippen LogP contribution in [0.1, 0.15) is 159 Å². The number of benzene rings is 6. The van der Waals surface area contributed by atoms with Gasteiger partial charge in [0.15, 0.2) is 12.2 Å². The summed E-state index contributed by atoms with van der Waals surface area (Å²) in [5, 5.41) is 25.9. The first-order valence-corrected chi connectivity index (χ1v) is 38.1. The first kappa shape index (κ1) is 72.7. The van der Waals surface area contributed by atoms with Crippen molar-refractivity contribution in [3.8, 4) is 43.4 Å². The highest BCUT2D eigenvalue weighted by Crippen LogP contribution is 2.48. The fraction of sp³-hybridized carbons (Fsp3) is 0.450. The van der Waals surface area contributed by atoms with Crippen LogP contribution >= 0.6 is 45.9 Å². The number of thiazole rings is 2. The average Bonchev–Trinajstić information content (AvgIpc) is 1.50. The number of hydrogen-bond acceptors (Lipinski definition) is 15. The zero-order valence-electron chi connectivity index (χ0n) is 60.7. The van der Waals surface area contributed by atoms with E-state index in [1.807, 2.05) is 150 Å². The fourth-order valence-electron chi connectivity index (χ4n) is 15.7. The number of halogens is 2. The van der Waals surface area contributed by atoms with Crippen LogP contribution in [0.4, 0.5) is 0 Å². The number of aryl methyl sites for hydroxylation is 4. The molecule has 10 aromatic rings. The van der Waals surface area contributed by atoms with Crippen LogP contribution in [0.25, 0.3) is 85.6 Å². The highest BCUT2D eigenvalue weighted by molar-refractivity contribution is 7.22. The molecule has 0 bridgehead atoms. The van der Waals surface area contributed by atoms with Crippen LogP contribution in [0.5, 0.6) is 0 Å². The van der Waals surface area contributed by atoms with Gasteiger partial charge in [0.05, 0.1) is 60.7 Å². The maximum atomic E-state index is 13.6. The molecule has 14 rings (SSSR count). The van der Waals surface area contributed by atoms with E-state index in [0.29, 0.717) is 39.5 Å². The molecule has 0 radical (unpaired) electrons. The largest absolute Gasteiger partial charge is 0.479 e. The first-order chi connectivity index (χ1) is 48.6. The molecule has 4 atom stereocenters. The molecule has 4 aliphatic heterocycles. The Morgan fingerprint density at radius 3 is 1.29 bits per heavy atom. The van der Waals surface area contributed by atoms with Gasteiger partial charge in [-0.15, -0.1) is 22.7 Å². The van der Waals surface area contributed by atoms with Crippen LogP contribution in [-0.2, 0) is 47.5 Å². The van der Waals surface area contributed by atoms with Gasteiger partial charge < -0.3 is 29.1 Å². The lowest BCUT2D eigenvalue weighted by Gasteiger charge is -2.35. The zero-order valence-corrected chi connectivity index (χ0v) is 63.8. The van der Waals surface area contributed by atoms with Crippen LogP contribution in [0, 0.1) is 13.8 Å². The minimum atomic E-state index is -1.17.